The van der Waals surface area contributed by atoms with Gasteiger partial charge in [0.2, 0.25) is 11.1 Å². The van der Waals surface area contributed by atoms with Gasteiger partial charge in [-0.1, -0.05) is 23.9 Å². The molecule has 0 fully saturated rings. The third-order valence-corrected chi connectivity index (χ3v) is 5.05. The normalized spacial score (nSPS) is 10.7. The van der Waals surface area contributed by atoms with Gasteiger partial charge in [-0.25, -0.2) is 0 Å². The molecule has 2 aromatic carbocycles. The molecule has 1 N–H and O–H groups in total. The second-order valence-electron chi connectivity index (χ2n) is 6.26. The first-order chi connectivity index (χ1) is 13.3. The Kier molecular flexibility index (Phi) is 5.69. The molecule has 1 amide bonds. The number of hydrogen-bond acceptors (Lipinski definition) is 7. The van der Waals surface area contributed by atoms with Crippen molar-refractivity contribution in [2.75, 3.05) is 11.1 Å². The van der Waals surface area contributed by atoms with Crippen molar-refractivity contribution >= 4 is 29.0 Å². The van der Waals surface area contributed by atoms with Gasteiger partial charge in [-0.3, -0.25) is 14.9 Å². The molecule has 10 heteroatoms. The second kappa shape index (κ2) is 8.17. The van der Waals surface area contributed by atoms with Crippen LogP contribution in [0, 0.1) is 30.9 Å². The molecule has 144 valence electrons. The SMILES string of the molecule is Cc1ccc(NC(=O)CSc2nnnn2-c2ccc(C)c(C)c2)c([N+](=O)[O-])c1. The van der Waals surface area contributed by atoms with E-state index >= 15 is 0 Å². The highest BCUT2D eigenvalue weighted by atomic mass is 32.2. The quantitative estimate of drug-likeness (QED) is 0.385. The van der Waals surface area contributed by atoms with Crippen LogP contribution in [0.4, 0.5) is 11.4 Å². The minimum absolute atomic E-state index is 0.0102. The van der Waals surface area contributed by atoms with Crippen LogP contribution >= 0.6 is 11.8 Å². The number of thioether (sulfide) groups is 1. The van der Waals surface area contributed by atoms with Crippen molar-refractivity contribution in [3.63, 3.8) is 0 Å². The number of nitro groups is 1. The van der Waals surface area contributed by atoms with E-state index in [1.165, 1.54) is 12.1 Å². The van der Waals surface area contributed by atoms with Crippen molar-refractivity contribution in [1.82, 2.24) is 20.2 Å². The number of rotatable bonds is 6. The van der Waals surface area contributed by atoms with Crippen LogP contribution in [-0.2, 0) is 4.79 Å². The Balaban J connectivity index is 1.70. The summed E-state index contributed by atoms with van der Waals surface area (Å²) in [6, 6.07) is 10.5. The van der Waals surface area contributed by atoms with Crippen LogP contribution in [0.2, 0.25) is 0 Å². The van der Waals surface area contributed by atoms with E-state index in [9.17, 15) is 14.9 Å². The van der Waals surface area contributed by atoms with Crippen LogP contribution in [0.1, 0.15) is 16.7 Å². The summed E-state index contributed by atoms with van der Waals surface area (Å²) >= 11 is 1.15. The van der Waals surface area contributed by atoms with Gasteiger partial charge >= 0.3 is 0 Å². The smallest absolute Gasteiger partial charge is 0.293 e. The molecule has 0 bridgehead atoms. The number of amides is 1. The number of nitrogens with zero attached hydrogens (tertiary/aromatic N) is 5. The van der Waals surface area contributed by atoms with Crippen LogP contribution in [0.5, 0.6) is 0 Å². The molecule has 0 atom stereocenters. The fourth-order valence-electron chi connectivity index (χ4n) is 2.50. The van der Waals surface area contributed by atoms with Gasteiger partial charge in [-0.05, 0) is 66.1 Å². The number of benzene rings is 2. The van der Waals surface area contributed by atoms with Crippen LogP contribution in [0.3, 0.4) is 0 Å². The van der Waals surface area contributed by atoms with Crippen LogP contribution in [0.25, 0.3) is 5.69 Å². The van der Waals surface area contributed by atoms with E-state index in [2.05, 4.69) is 20.8 Å². The van der Waals surface area contributed by atoms with Crippen LogP contribution in [-0.4, -0.2) is 36.8 Å². The maximum atomic E-state index is 12.3. The summed E-state index contributed by atoms with van der Waals surface area (Å²) in [5.41, 5.74) is 3.82. The Hall–Kier alpha value is -3.27. The Bertz CT molecular complexity index is 1050. The molecule has 3 rings (SSSR count). The molecular weight excluding hydrogens is 380 g/mol. The number of aromatic nitrogens is 4. The zero-order chi connectivity index (χ0) is 20.3. The second-order valence-corrected chi connectivity index (χ2v) is 7.20. The maximum absolute atomic E-state index is 12.3. The minimum atomic E-state index is -0.518. The van der Waals surface area contributed by atoms with E-state index in [1.54, 1.807) is 17.7 Å². The summed E-state index contributed by atoms with van der Waals surface area (Å²) in [4.78, 5) is 22.9. The fraction of sp³-hybridized carbons (Fsp3) is 0.222. The monoisotopic (exact) mass is 398 g/mol. The first-order valence-electron chi connectivity index (χ1n) is 8.39. The van der Waals surface area contributed by atoms with E-state index in [4.69, 9.17) is 0 Å². The third-order valence-electron chi connectivity index (χ3n) is 4.13. The molecule has 3 aromatic rings. The summed E-state index contributed by atoms with van der Waals surface area (Å²) in [6.07, 6.45) is 0. The lowest BCUT2D eigenvalue weighted by atomic mass is 10.1. The number of nitrogens with one attached hydrogen (secondary N) is 1. The highest BCUT2D eigenvalue weighted by Crippen LogP contribution is 2.26. The van der Waals surface area contributed by atoms with Gasteiger partial charge in [0, 0.05) is 6.07 Å². The van der Waals surface area contributed by atoms with Gasteiger partial charge in [0.15, 0.2) is 0 Å². The van der Waals surface area contributed by atoms with E-state index in [0.717, 1.165) is 34.1 Å². The van der Waals surface area contributed by atoms with Gasteiger partial charge < -0.3 is 5.32 Å². The number of aryl methyl sites for hydroxylation is 3. The molecule has 28 heavy (non-hydrogen) atoms. The lowest BCUT2D eigenvalue weighted by Gasteiger charge is -2.08. The molecule has 0 saturated carbocycles. The van der Waals surface area contributed by atoms with Gasteiger partial charge in [-0.15, -0.1) is 5.10 Å². The summed E-state index contributed by atoms with van der Waals surface area (Å²) < 4.78 is 1.55. The van der Waals surface area contributed by atoms with Gasteiger partial charge in [-0.2, -0.15) is 4.68 Å². The fourth-order valence-corrected chi connectivity index (χ4v) is 3.19. The highest BCUT2D eigenvalue weighted by molar-refractivity contribution is 7.99. The van der Waals surface area contributed by atoms with Crippen molar-refractivity contribution in [3.05, 3.63) is 63.2 Å². The molecule has 0 unspecified atom stereocenters. The molecule has 0 aliphatic carbocycles. The number of tetrazole rings is 1. The zero-order valence-electron chi connectivity index (χ0n) is 15.5. The first kappa shape index (κ1) is 19.5. The Morgan fingerprint density at radius 2 is 1.96 bits per heavy atom. The predicted molar refractivity (Wildman–Crippen MR) is 106 cm³/mol. The molecular formula is C18H18N6O3S. The number of carbonyl (C=O) groups is 1. The van der Waals surface area contributed by atoms with E-state index in [1.807, 2.05) is 32.0 Å². The molecule has 9 nitrogen and oxygen atoms in total. The molecule has 0 radical (unpaired) electrons. The van der Waals surface area contributed by atoms with Gasteiger partial charge in [0.05, 0.1) is 16.4 Å². The van der Waals surface area contributed by atoms with Crippen LogP contribution in [0.15, 0.2) is 41.6 Å². The van der Waals surface area contributed by atoms with Crippen molar-refractivity contribution < 1.29 is 9.72 Å². The lowest BCUT2D eigenvalue weighted by molar-refractivity contribution is -0.384. The van der Waals surface area contributed by atoms with E-state index in [-0.39, 0.29) is 23.0 Å². The third kappa shape index (κ3) is 4.34. The van der Waals surface area contributed by atoms with Crippen molar-refractivity contribution in [2.24, 2.45) is 0 Å². The Morgan fingerprint density at radius 3 is 2.68 bits per heavy atom. The highest BCUT2D eigenvalue weighted by Gasteiger charge is 2.17. The number of carbonyl (C=O) groups excluding carboxylic acids is 1. The maximum Gasteiger partial charge on any atom is 0.293 e. The zero-order valence-corrected chi connectivity index (χ0v) is 16.4. The molecule has 1 heterocycles. The summed E-state index contributed by atoms with van der Waals surface area (Å²) in [5.74, 6) is -0.373. The van der Waals surface area contributed by atoms with Crippen molar-refractivity contribution in [3.8, 4) is 5.69 Å². The van der Waals surface area contributed by atoms with Gasteiger partial charge in [0.1, 0.15) is 5.69 Å². The summed E-state index contributed by atoms with van der Waals surface area (Å²) in [5, 5.41) is 25.8. The van der Waals surface area contributed by atoms with Gasteiger partial charge in [0.25, 0.3) is 5.69 Å². The lowest BCUT2D eigenvalue weighted by Crippen LogP contribution is -2.15. The first-order valence-corrected chi connectivity index (χ1v) is 9.37. The molecule has 0 spiro atoms. The standard InChI is InChI=1S/C18H18N6O3S/c1-11-4-7-15(16(8-11)24(26)27)19-17(25)10-28-18-20-21-22-23(18)14-6-5-12(2)13(3)9-14/h4-9H,10H2,1-3H3,(H,19,25). The Morgan fingerprint density at radius 1 is 1.18 bits per heavy atom. The molecule has 0 saturated heterocycles. The van der Waals surface area contributed by atoms with Crippen molar-refractivity contribution in [2.45, 2.75) is 25.9 Å². The predicted octanol–water partition coefficient (Wildman–Crippen LogP) is 3.23. The number of anilines is 1. The summed E-state index contributed by atoms with van der Waals surface area (Å²) in [6.45, 7) is 5.77. The molecule has 0 aliphatic rings. The topological polar surface area (TPSA) is 116 Å². The molecule has 0 aliphatic heterocycles. The minimum Gasteiger partial charge on any atom is -0.320 e. The molecule has 1 aromatic heterocycles. The average molecular weight is 398 g/mol. The van der Waals surface area contributed by atoms with E-state index in [0.29, 0.717) is 5.16 Å². The number of hydrogen-bond donors (Lipinski definition) is 1. The average Bonchev–Trinajstić information content (AvgIpc) is 3.12. The largest absolute Gasteiger partial charge is 0.320 e. The van der Waals surface area contributed by atoms with E-state index < -0.39 is 4.92 Å². The number of nitro benzene ring substituents is 1. The van der Waals surface area contributed by atoms with Crippen LogP contribution < -0.4 is 5.32 Å². The summed E-state index contributed by atoms with van der Waals surface area (Å²) in [7, 11) is 0. The Labute approximate surface area is 165 Å². The van der Waals surface area contributed by atoms with Crippen molar-refractivity contribution in [1.29, 1.82) is 0 Å².